The summed E-state index contributed by atoms with van der Waals surface area (Å²) in [5, 5.41) is 9.47. The molecule has 0 spiro atoms. The van der Waals surface area contributed by atoms with E-state index in [4.69, 9.17) is 5.73 Å². The molecule has 1 heterocycles. The van der Waals surface area contributed by atoms with Gasteiger partial charge in [-0.25, -0.2) is 0 Å². The number of aryl methyl sites for hydroxylation is 1. The molecule has 1 rings (SSSR count). The summed E-state index contributed by atoms with van der Waals surface area (Å²) in [4.78, 5) is 11.8. The minimum Gasteiger partial charge on any atom is -0.328 e. The molecule has 5 nitrogen and oxygen atoms in total. The number of H-pyrrole nitrogens is 1. The van der Waals surface area contributed by atoms with E-state index in [0.717, 1.165) is 24.8 Å². The fraction of sp³-hybridized carbons (Fsp3) is 0.667. The zero-order chi connectivity index (χ0) is 12.8. The molecule has 1 aromatic heterocycles. The lowest BCUT2D eigenvalue weighted by Gasteiger charge is -2.12. The standard InChI is InChI=1S/C12H22N4O/c1-8(5-4-6-10(3)13)12(17)15-11-9(2)7-14-16-11/h7-8,10H,4-6,13H2,1-3H3,(H2,14,15,16,17). The lowest BCUT2D eigenvalue weighted by molar-refractivity contribution is -0.119. The molecule has 4 N–H and O–H groups in total. The Morgan fingerprint density at radius 2 is 2.24 bits per heavy atom. The highest BCUT2D eigenvalue weighted by Crippen LogP contribution is 2.14. The van der Waals surface area contributed by atoms with Crippen molar-refractivity contribution in [1.29, 1.82) is 0 Å². The van der Waals surface area contributed by atoms with Crippen LogP contribution in [0.1, 0.15) is 38.7 Å². The van der Waals surface area contributed by atoms with Crippen molar-refractivity contribution in [3.8, 4) is 0 Å². The van der Waals surface area contributed by atoms with Crippen LogP contribution in [0.15, 0.2) is 6.20 Å². The van der Waals surface area contributed by atoms with Gasteiger partial charge in [0.25, 0.3) is 0 Å². The number of carbonyl (C=O) groups excluding carboxylic acids is 1. The van der Waals surface area contributed by atoms with Crippen LogP contribution in [-0.4, -0.2) is 22.1 Å². The van der Waals surface area contributed by atoms with Crippen LogP contribution in [0, 0.1) is 12.8 Å². The number of nitrogens with zero attached hydrogens (tertiary/aromatic N) is 1. The number of nitrogens with one attached hydrogen (secondary N) is 2. The van der Waals surface area contributed by atoms with Gasteiger partial charge in [0.15, 0.2) is 0 Å². The van der Waals surface area contributed by atoms with Crippen molar-refractivity contribution in [2.75, 3.05) is 5.32 Å². The first-order chi connectivity index (χ1) is 8.00. The number of carbonyl (C=O) groups is 1. The molecule has 0 saturated heterocycles. The highest BCUT2D eigenvalue weighted by Gasteiger charge is 2.14. The van der Waals surface area contributed by atoms with Gasteiger partial charge in [-0.1, -0.05) is 13.3 Å². The zero-order valence-electron chi connectivity index (χ0n) is 10.8. The molecular weight excluding hydrogens is 216 g/mol. The van der Waals surface area contributed by atoms with Crippen LogP contribution in [-0.2, 0) is 4.79 Å². The first kappa shape index (κ1) is 13.7. The van der Waals surface area contributed by atoms with E-state index in [2.05, 4.69) is 15.5 Å². The van der Waals surface area contributed by atoms with E-state index >= 15 is 0 Å². The van der Waals surface area contributed by atoms with Crippen molar-refractivity contribution in [1.82, 2.24) is 10.2 Å². The molecule has 96 valence electrons. The van der Waals surface area contributed by atoms with Crippen molar-refractivity contribution < 1.29 is 4.79 Å². The average molecular weight is 238 g/mol. The number of aromatic amines is 1. The molecule has 0 bridgehead atoms. The molecule has 0 radical (unpaired) electrons. The second-order valence-corrected chi connectivity index (χ2v) is 4.73. The van der Waals surface area contributed by atoms with Crippen LogP contribution in [0.4, 0.5) is 5.82 Å². The fourth-order valence-corrected chi connectivity index (χ4v) is 1.60. The summed E-state index contributed by atoms with van der Waals surface area (Å²) in [7, 11) is 0. The van der Waals surface area contributed by atoms with Gasteiger partial charge in [0.2, 0.25) is 5.91 Å². The van der Waals surface area contributed by atoms with Crippen LogP contribution in [0.3, 0.4) is 0 Å². The van der Waals surface area contributed by atoms with E-state index in [1.807, 2.05) is 20.8 Å². The number of anilines is 1. The van der Waals surface area contributed by atoms with Gasteiger partial charge in [0.1, 0.15) is 5.82 Å². The van der Waals surface area contributed by atoms with Crippen molar-refractivity contribution >= 4 is 11.7 Å². The topological polar surface area (TPSA) is 83.8 Å². The third-order valence-corrected chi connectivity index (χ3v) is 2.82. The van der Waals surface area contributed by atoms with Gasteiger partial charge in [-0.3, -0.25) is 9.89 Å². The molecule has 1 aromatic rings. The van der Waals surface area contributed by atoms with E-state index < -0.39 is 0 Å². The van der Waals surface area contributed by atoms with Crippen molar-refractivity contribution in [2.24, 2.45) is 11.7 Å². The predicted molar refractivity (Wildman–Crippen MR) is 68.6 cm³/mol. The minimum absolute atomic E-state index is 0.00329. The van der Waals surface area contributed by atoms with E-state index in [0.29, 0.717) is 5.82 Å². The molecule has 0 aliphatic carbocycles. The molecule has 0 aliphatic heterocycles. The Morgan fingerprint density at radius 3 is 2.76 bits per heavy atom. The van der Waals surface area contributed by atoms with Crippen LogP contribution < -0.4 is 11.1 Å². The Bertz CT molecular complexity index is 359. The summed E-state index contributed by atoms with van der Waals surface area (Å²) in [6.07, 6.45) is 4.49. The maximum Gasteiger partial charge on any atom is 0.228 e. The van der Waals surface area contributed by atoms with Gasteiger partial charge in [0, 0.05) is 17.5 Å². The number of rotatable bonds is 6. The Hall–Kier alpha value is -1.36. The zero-order valence-corrected chi connectivity index (χ0v) is 10.8. The SMILES string of the molecule is Cc1cn[nH]c1NC(=O)C(C)CCCC(C)N. The lowest BCUT2D eigenvalue weighted by Crippen LogP contribution is -2.22. The predicted octanol–water partition coefficient (Wildman–Crippen LogP) is 1.81. The number of hydrogen-bond acceptors (Lipinski definition) is 3. The maximum absolute atomic E-state index is 11.8. The molecule has 0 aliphatic rings. The van der Waals surface area contributed by atoms with E-state index in [9.17, 15) is 4.79 Å². The molecule has 0 aromatic carbocycles. The van der Waals surface area contributed by atoms with Crippen LogP contribution >= 0.6 is 0 Å². The van der Waals surface area contributed by atoms with Gasteiger partial charge in [0.05, 0.1) is 6.20 Å². The second-order valence-electron chi connectivity index (χ2n) is 4.73. The molecule has 2 atom stereocenters. The fourth-order valence-electron chi connectivity index (χ4n) is 1.60. The Balaban J connectivity index is 2.35. The smallest absolute Gasteiger partial charge is 0.228 e. The molecule has 2 unspecified atom stereocenters. The summed E-state index contributed by atoms with van der Waals surface area (Å²) in [5.74, 6) is 0.715. The summed E-state index contributed by atoms with van der Waals surface area (Å²) in [6, 6.07) is 0.208. The molecule has 5 heteroatoms. The van der Waals surface area contributed by atoms with Gasteiger partial charge < -0.3 is 11.1 Å². The Morgan fingerprint density at radius 1 is 1.53 bits per heavy atom. The summed E-state index contributed by atoms with van der Waals surface area (Å²) in [6.45, 7) is 5.82. The molecular formula is C12H22N4O. The lowest BCUT2D eigenvalue weighted by atomic mass is 10.0. The first-order valence-electron chi connectivity index (χ1n) is 6.07. The highest BCUT2D eigenvalue weighted by molar-refractivity contribution is 5.91. The molecule has 0 saturated carbocycles. The van der Waals surface area contributed by atoms with Gasteiger partial charge in [-0.15, -0.1) is 0 Å². The normalized spacial score (nSPS) is 14.4. The maximum atomic E-state index is 11.8. The highest BCUT2D eigenvalue weighted by atomic mass is 16.1. The monoisotopic (exact) mass is 238 g/mol. The van der Waals surface area contributed by atoms with E-state index in [1.54, 1.807) is 6.20 Å². The third kappa shape index (κ3) is 4.56. The second kappa shape index (κ2) is 6.39. The summed E-state index contributed by atoms with van der Waals surface area (Å²) < 4.78 is 0. The third-order valence-electron chi connectivity index (χ3n) is 2.82. The van der Waals surface area contributed by atoms with Crippen LogP contribution in [0.2, 0.25) is 0 Å². The van der Waals surface area contributed by atoms with Crippen LogP contribution in [0.25, 0.3) is 0 Å². The Labute approximate surface area is 102 Å². The summed E-state index contributed by atoms with van der Waals surface area (Å²) >= 11 is 0. The number of nitrogens with two attached hydrogens (primary N) is 1. The average Bonchev–Trinajstić information content (AvgIpc) is 2.63. The first-order valence-corrected chi connectivity index (χ1v) is 6.07. The van der Waals surface area contributed by atoms with E-state index in [-0.39, 0.29) is 17.9 Å². The van der Waals surface area contributed by atoms with Gasteiger partial charge in [-0.2, -0.15) is 5.10 Å². The quantitative estimate of drug-likeness (QED) is 0.706. The van der Waals surface area contributed by atoms with Crippen LogP contribution in [0.5, 0.6) is 0 Å². The summed E-state index contributed by atoms with van der Waals surface area (Å²) in [5.41, 5.74) is 6.62. The largest absolute Gasteiger partial charge is 0.328 e. The van der Waals surface area contributed by atoms with Gasteiger partial charge in [-0.05, 0) is 26.7 Å². The number of aromatic nitrogens is 2. The number of hydrogen-bond donors (Lipinski definition) is 3. The Kier molecular flexibility index (Phi) is 5.15. The molecule has 17 heavy (non-hydrogen) atoms. The van der Waals surface area contributed by atoms with Gasteiger partial charge >= 0.3 is 0 Å². The minimum atomic E-state index is -0.00329. The van der Waals surface area contributed by atoms with Crippen molar-refractivity contribution in [3.05, 3.63) is 11.8 Å². The van der Waals surface area contributed by atoms with Crippen molar-refractivity contribution in [3.63, 3.8) is 0 Å². The molecule has 1 amide bonds. The van der Waals surface area contributed by atoms with Crippen molar-refractivity contribution in [2.45, 2.75) is 46.1 Å². The van der Waals surface area contributed by atoms with E-state index in [1.165, 1.54) is 0 Å². The number of amides is 1. The molecule has 0 fully saturated rings.